The second kappa shape index (κ2) is 9.02. The number of aryl methyl sites for hydroxylation is 1. The predicted molar refractivity (Wildman–Crippen MR) is 118 cm³/mol. The molecule has 0 atom stereocenters. The van der Waals surface area contributed by atoms with Crippen LogP contribution in [0.1, 0.15) is 11.1 Å². The van der Waals surface area contributed by atoms with E-state index in [2.05, 4.69) is 24.9 Å². The summed E-state index contributed by atoms with van der Waals surface area (Å²) < 4.78 is 9.48. The molecule has 0 bridgehead atoms. The van der Waals surface area contributed by atoms with Crippen molar-refractivity contribution >= 4 is 34.6 Å². The van der Waals surface area contributed by atoms with E-state index in [-0.39, 0.29) is 23.1 Å². The van der Waals surface area contributed by atoms with Crippen LogP contribution in [0.3, 0.4) is 0 Å². The molecular weight excluding hydrogens is 440 g/mol. The normalized spacial score (nSPS) is 10.6. The van der Waals surface area contributed by atoms with E-state index in [1.165, 1.54) is 17.9 Å². The van der Waals surface area contributed by atoms with Crippen molar-refractivity contribution in [3.8, 4) is 22.9 Å². The van der Waals surface area contributed by atoms with Crippen molar-refractivity contribution in [2.24, 2.45) is 0 Å². The molecule has 0 unspecified atom stereocenters. The topological polar surface area (TPSA) is 116 Å². The number of hydrogen-bond donors (Lipinski definition) is 1. The molecule has 4 rings (SSSR count). The van der Waals surface area contributed by atoms with Crippen LogP contribution in [-0.4, -0.2) is 24.5 Å². The molecule has 0 aliphatic heterocycles. The molecule has 0 spiro atoms. The molecule has 0 saturated heterocycles. The lowest BCUT2D eigenvalue weighted by Crippen LogP contribution is -2.07. The van der Waals surface area contributed by atoms with Gasteiger partial charge in [-0.2, -0.15) is 4.98 Å². The molecule has 0 amide bonds. The summed E-state index contributed by atoms with van der Waals surface area (Å²) in [5, 5.41) is 20.9. The van der Waals surface area contributed by atoms with Crippen molar-refractivity contribution < 1.29 is 9.66 Å². The third-order valence-electron chi connectivity index (χ3n) is 4.33. The zero-order valence-electron chi connectivity index (χ0n) is 16.2. The van der Waals surface area contributed by atoms with E-state index in [4.69, 9.17) is 16.3 Å². The predicted octanol–water partition coefficient (Wildman–Crippen LogP) is 5.27. The largest absolute Gasteiger partial charge is 0.432 e. The smallest absolute Gasteiger partial charge is 0.373 e. The molecule has 11 heteroatoms. The Kier molecular flexibility index (Phi) is 6.01. The molecule has 0 saturated carbocycles. The van der Waals surface area contributed by atoms with Gasteiger partial charge in [-0.25, -0.2) is 4.98 Å². The van der Waals surface area contributed by atoms with E-state index in [9.17, 15) is 10.1 Å². The van der Waals surface area contributed by atoms with Crippen LogP contribution in [0.5, 0.6) is 11.6 Å². The summed E-state index contributed by atoms with van der Waals surface area (Å²) >= 11 is 7.46. The first kappa shape index (κ1) is 20.6. The van der Waals surface area contributed by atoms with Gasteiger partial charge in [-0.1, -0.05) is 46.4 Å². The van der Waals surface area contributed by atoms with E-state index in [1.54, 1.807) is 18.2 Å². The summed E-state index contributed by atoms with van der Waals surface area (Å²) in [6.07, 6.45) is 1.20. The quantitative estimate of drug-likeness (QED) is 0.296. The first-order valence-electron chi connectivity index (χ1n) is 9.05. The van der Waals surface area contributed by atoms with Gasteiger partial charge in [0.2, 0.25) is 5.82 Å². The number of hydrogen-bond acceptors (Lipinski definition) is 9. The van der Waals surface area contributed by atoms with Gasteiger partial charge in [0.15, 0.2) is 0 Å². The summed E-state index contributed by atoms with van der Waals surface area (Å²) in [4.78, 5) is 19.1. The lowest BCUT2D eigenvalue weighted by atomic mass is 10.1. The van der Waals surface area contributed by atoms with Gasteiger partial charge in [0, 0.05) is 17.5 Å². The third kappa shape index (κ3) is 4.76. The monoisotopic (exact) mass is 454 g/mol. The Hall–Kier alpha value is -3.63. The molecule has 0 aliphatic rings. The van der Waals surface area contributed by atoms with Crippen LogP contribution in [0, 0.1) is 17.0 Å². The zero-order chi connectivity index (χ0) is 21.8. The maximum atomic E-state index is 11.7. The average Bonchev–Trinajstić information content (AvgIpc) is 3.29. The number of halogens is 1. The van der Waals surface area contributed by atoms with Crippen LogP contribution >= 0.6 is 23.1 Å². The van der Waals surface area contributed by atoms with Gasteiger partial charge in [0.1, 0.15) is 17.8 Å². The van der Waals surface area contributed by atoms with Gasteiger partial charge in [-0.05, 0) is 41.7 Å². The highest BCUT2D eigenvalue weighted by Gasteiger charge is 2.25. The van der Waals surface area contributed by atoms with E-state index < -0.39 is 4.92 Å². The number of nitrogens with zero attached hydrogens (tertiary/aromatic N) is 5. The van der Waals surface area contributed by atoms with Crippen molar-refractivity contribution in [2.75, 3.05) is 5.32 Å². The zero-order valence-corrected chi connectivity index (χ0v) is 17.7. The van der Waals surface area contributed by atoms with Crippen molar-refractivity contribution in [2.45, 2.75) is 13.5 Å². The van der Waals surface area contributed by atoms with Crippen LogP contribution in [0.25, 0.3) is 11.3 Å². The van der Waals surface area contributed by atoms with Crippen molar-refractivity contribution in [3.05, 3.63) is 80.4 Å². The lowest BCUT2D eigenvalue weighted by Gasteiger charge is -2.10. The number of nitro groups is 1. The van der Waals surface area contributed by atoms with Gasteiger partial charge in [0.05, 0.1) is 9.95 Å². The van der Waals surface area contributed by atoms with Crippen LogP contribution < -0.4 is 10.1 Å². The highest BCUT2D eigenvalue weighted by atomic mass is 35.5. The van der Waals surface area contributed by atoms with Crippen LogP contribution in [-0.2, 0) is 6.54 Å². The Morgan fingerprint density at radius 3 is 2.68 bits per heavy atom. The molecular formula is C20H15ClN6O3S. The number of ether oxygens (including phenoxy) is 1. The molecule has 9 nitrogen and oxygen atoms in total. The standard InChI is InChI=1S/C20H15ClN6O3S/c1-12-2-7-17(15(21)8-12)30-20-18(27(28)29)19(23-11-24-20)22-9-13-3-5-14(6-4-13)16-10-31-26-25-16/h2-8,10-11H,9H2,1H3,(H,22,23,24). The Balaban J connectivity index is 1.54. The summed E-state index contributed by atoms with van der Waals surface area (Å²) in [5.74, 6) is 0.123. The molecule has 0 fully saturated rings. The minimum absolute atomic E-state index is 0.0472. The second-order valence-corrected chi connectivity index (χ2v) is 7.53. The molecule has 31 heavy (non-hydrogen) atoms. The fourth-order valence-corrected chi connectivity index (χ4v) is 3.53. The molecule has 156 valence electrons. The number of benzene rings is 2. The van der Waals surface area contributed by atoms with Crippen molar-refractivity contribution in [1.29, 1.82) is 0 Å². The average molecular weight is 455 g/mol. The number of nitrogens with one attached hydrogen (secondary N) is 1. The first-order valence-corrected chi connectivity index (χ1v) is 10.3. The number of anilines is 1. The minimum atomic E-state index is -0.585. The Bertz CT molecular complexity index is 1220. The van der Waals surface area contributed by atoms with Gasteiger partial charge in [-0.3, -0.25) is 10.1 Å². The third-order valence-corrected chi connectivity index (χ3v) is 5.13. The summed E-state index contributed by atoms with van der Waals surface area (Å²) in [6.45, 7) is 2.20. The maximum Gasteiger partial charge on any atom is 0.373 e. The van der Waals surface area contributed by atoms with E-state index in [0.29, 0.717) is 11.6 Å². The van der Waals surface area contributed by atoms with Crippen LogP contribution in [0.4, 0.5) is 11.5 Å². The Morgan fingerprint density at radius 2 is 2.00 bits per heavy atom. The fraction of sp³-hybridized carbons (Fsp3) is 0.100. The first-order chi connectivity index (χ1) is 15.0. The summed E-state index contributed by atoms with van der Waals surface area (Å²) in [6, 6.07) is 12.8. The highest BCUT2D eigenvalue weighted by molar-refractivity contribution is 7.03. The summed E-state index contributed by atoms with van der Waals surface area (Å²) in [7, 11) is 0. The molecule has 2 aromatic heterocycles. The van der Waals surface area contributed by atoms with Crippen molar-refractivity contribution in [3.63, 3.8) is 0 Å². The number of rotatable bonds is 7. The highest BCUT2D eigenvalue weighted by Crippen LogP contribution is 2.37. The van der Waals surface area contributed by atoms with Crippen LogP contribution in [0.2, 0.25) is 5.02 Å². The molecule has 2 aromatic carbocycles. The Morgan fingerprint density at radius 1 is 1.19 bits per heavy atom. The molecule has 2 heterocycles. The molecule has 0 radical (unpaired) electrons. The van der Waals surface area contributed by atoms with E-state index in [0.717, 1.165) is 22.4 Å². The second-order valence-electron chi connectivity index (χ2n) is 6.51. The van der Waals surface area contributed by atoms with Gasteiger partial charge < -0.3 is 10.1 Å². The SMILES string of the molecule is Cc1ccc(Oc2ncnc(NCc3ccc(-c4csnn4)cc3)c2[N+](=O)[O-])c(Cl)c1. The van der Waals surface area contributed by atoms with E-state index in [1.807, 2.05) is 36.6 Å². The minimum Gasteiger partial charge on any atom is -0.432 e. The Labute approximate surface area is 186 Å². The lowest BCUT2D eigenvalue weighted by molar-refractivity contribution is -0.385. The van der Waals surface area contributed by atoms with Crippen LogP contribution in [0.15, 0.2) is 54.2 Å². The van der Waals surface area contributed by atoms with Crippen molar-refractivity contribution in [1.82, 2.24) is 19.6 Å². The summed E-state index contributed by atoms with van der Waals surface area (Å²) in [5.41, 5.74) is 3.21. The maximum absolute atomic E-state index is 11.7. The number of aromatic nitrogens is 4. The van der Waals surface area contributed by atoms with E-state index >= 15 is 0 Å². The fourth-order valence-electron chi connectivity index (χ4n) is 2.79. The van der Waals surface area contributed by atoms with Gasteiger partial charge >= 0.3 is 11.6 Å². The molecule has 0 aliphatic carbocycles. The molecule has 4 aromatic rings. The van der Waals surface area contributed by atoms with Gasteiger partial charge in [-0.15, -0.1) is 5.10 Å². The molecule has 1 N–H and O–H groups in total. The van der Waals surface area contributed by atoms with Gasteiger partial charge in [0.25, 0.3) is 0 Å².